The summed E-state index contributed by atoms with van der Waals surface area (Å²) < 4.78 is 0. The van der Waals surface area contributed by atoms with E-state index in [9.17, 15) is 0 Å². The van der Waals surface area contributed by atoms with E-state index in [0.717, 1.165) is 17.6 Å². The third kappa shape index (κ3) is 3.03. The van der Waals surface area contributed by atoms with Crippen LogP contribution in [-0.2, 0) is 0 Å². The molecule has 1 saturated heterocycles. The van der Waals surface area contributed by atoms with E-state index in [1.165, 1.54) is 35.7 Å². The molecule has 2 rings (SSSR count). The molecule has 1 N–H and O–H groups in total. The topological polar surface area (TPSA) is 48.7 Å². The van der Waals surface area contributed by atoms with Crippen LogP contribution in [-0.4, -0.2) is 23.0 Å². The minimum Gasteiger partial charge on any atom is -0.361 e. The highest BCUT2D eigenvalue weighted by Crippen LogP contribution is 2.27. The van der Waals surface area contributed by atoms with Gasteiger partial charge in [0.1, 0.15) is 10.9 Å². The molecule has 2 heterocycles. The van der Waals surface area contributed by atoms with Gasteiger partial charge < -0.3 is 5.32 Å². The monoisotopic (exact) mass is 273 g/mol. The number of nitrogens with one attached hydrogen (secondary N) is 1. The van der Waals surface area contributed by atoms with Crippen molar-refractivity contribution in [3.8, 4) is 6.07 Å². The lowest BCUT2D eigenvalue weighted by Crippen LogP contribution is -2.18. The first-order valence-corrected chi connectivity index (χ1v) is 7.52. The molecule has 0 amide bonds. The van der Waals surface area contributed by atoms with Crippen molar-refractivity contribution in [3.05, 3.63) is 10.0 Å². The molecule has 0 aliphatic carbocycles. The zero-order valence-electron chi connectivity index (χ0n) is 8.70. The van der Waals surface area contributed by atoms with Gasteiger partial charge in [0, 0.05) is 6.54 Å². The predicted molar refractivity (Wildman–Crippen MR) is 70.4 cm³/mol. The summed E-state index contributed by atoms with van der Waals surface area (Å²) in [7, 11) is 0. The van der Waals surface area contributed by atoms with E-state index >= 15 is 0 Å². The maximum absolute atomic E-state index is 8.75. The molecule has 1 aliphatic heterocycles. The number of nitrogens with zero attached hydrogens (tertiary/aromatic N) is 2. The minimum atomic E-state index is 0.314. The van der Waals surface area contributed by atoms with Gasteiger partial charge in [-0.1, -0.05) is 22.9 Å². The Morgan fingerprint density at radius 2 is 2.25 bits per heavy atom. The summed E-state index contributed by atoms with van der Waals surface area (Å²) in [6.45, 7) is 0.940. The van der Waals surface area contributed by atoms with Crippen LogP contribution in [0.4, 0.5) is 5.13 Å². The van der Waals surface area contributed by atoms with Gasteiger partial charge in [-0.05, 0) is 30.3 Å². The van der Waals surface area contributed by atoms with E-state index in [1.807, 2.05) is 17.8 Å². The van der Waals surface area contributed by atoms with Crippen LogP contribution in [0.3, 0.4) is 0 Å². The molecule has 1 aromatic heterocycles. The third-order valence-electron chi connectivity index (χ3n) is 2.57. The molecule has 0 aromatic carbocycles. The van der Waals surface area contributed by atoms with Crippen molar-refractivity contribution < 1.29 is 0 Å². The Balaban J connectivity index is 1.86. The fourth-order valence-corrected chi connectivity index (χ4v) is 3.79. The smallest absolute Gasteiger partial charge is 0.185 e. The number of aromatic nitrogens is 1. The number of hydrogen-bond acceptors (Lipinski definition) is 5. The first-order valence-electron chi connectivity index (χ1n) is 5.17. The second-order valence-corrected chi connectivity index (χ2v) is 6.27. The minimum absolute atomic E-state index is 0.314. The van der Waals surface area contributed by atoms with Crippen molar-refractivity contribution in [2.75, 3.05) is 23.4 Å². The first-order chi connectivity index (χ1) is 7.79. The zero-order valence-corrected chi connectivity index (χ0v) is 11.1. The lowest BCUT2D eigenvalue weighted by molar-refractivity contribution is 0.516. The Bertz CT molecular complexity index is 393. The van der Waals surface area contributed by atoms with Crippen LogP contribution in [0.2, 0.25) is 5.15 Å². The van der Waals surface area contributed by atoms with Gasteiger partial charge in [0.05, 0.1) is 0 Å². The largest absolute Gasteiger partial charge is 0.361 e. The SMILES string of the molecule is N#Cc1sc(NCC2CCSCC2)nc1Cl. The van der Waals surface area contributed by atoms with Crippen molar-refractivity contribution in [2.24, 2.45) is 5.92 Å². The fraction of sp³-hybridized carbons (Fsp3) is 0.600. The van der Waals surface area contributed by atoms with Crippen LogP contribution < -0.4 is 5.32 Å². The van der Waals surface area contributed by atoms with Crippen LogP contribution in [0.15, 0.2) is 0 Å². The molecular formula is C10H12ClN3S2. The van der Waals surface area contributed by atoms with Gasteiger partial charge in [0.2, 0.25) is 0 Å². The summed E-state index contributed by atoms with van der Waals surface area (Å²) in [5.41, 5.74) is 0. The standard InChI is InChI=1S/C10H12ClN3S2/c11-9-8(5-12)16-10(14-9)13-6-7-1-3-15-4-2-7/h7H,1-4,6H2,(H,13,14). The van der Waals surface area contributed by atoms with Crippen molar-refractivity contribution >= 4 is 39.8 Å². The van der Waals surface area contributed by atoms with Crippen LogP contribution in [0, 0.1) is 17.2 Å². The van der Waals surface area contributed by atoms with Crippen LogP contribution in [0.1, 0.15) is 17.7 Å². The average molecular weight is 274 g/mol. The average Bonchev–Trinajstić information content (AvgIpc) is 2.69. The number of thiazole rings is 1. The van der Waals surface area contributed by atoms with Crippen LogP contribution >= 0.6 is 34.7 Å². The Hall–Kier alpha value is -0.440. The van der Waals surface area contributed by atoms with Crippen LogP contribution in [0.25, 0.3) is 0 Å². The van der Waals surface area contributed by atoms with Gasteiger partial charge in [0.25, 0.3) is 0 Å². The van der Waals surface area contributed by atoms with E-state index < -0.39 is 0 Å². The molecule has 16 heavy (non-hydrogen) atoms. The Labute approximate surface area is 108 Å². The molecule has 0 unspecified atom stereocenters. The number of hydrogen-bond donors (Lipinski definition) is 1. The first kappa shape index (κ1) is 12.0. The van der Waals surface area contributed by atoms with Gasteiger partial charge in [-0.3, -0.25) is 0 Å². The molecular weight excluding hydrogens is 262 g/mol. The Morgan fingerprint density at radius 1 is 1.50 bits per heavy atom. The number of anilines is 1. The maximum Gasteiger partial charge on any atom is 0.185 e. The highest BCUT2D eigenvalue weighted by Gasteiger charge is 2.14. The lowest BCUT2D eigenvalue weighted by Gasteiger charge is -2.21. The zero-order chi connectivity index (χ0) is 11.4. The summed E-state index contributed by atoms with van der Waals surface area (Å²) in [5.74, 6) is 3.25. The van der Waals surface area contributed by atoms with Crippen LogP contribution in [0.5, 0.6) is 0 Å². The molecule has 1 fully saturated rings. The molecule has 0 spiro atoms. The normalized spacial score (nSPS) is 17.0. The highest BCUT2D eigenvalue weighted by molar-refractivity contribution is 7.99. The number of thioether (sulfide) groups is 1. The lowest BCUT2D eigenvalue weighted by atomic mass is 10.0. The van der Waals surface area contributed by atoms with Crippen molar-refractivity contribution in [2.45, 2.75) is 12.8 Å². The predicted octanol–water partition coefficient (Wildman–Crippen LogP) is 3.22. The molecule has 1 aromatic rings. The van der Waals surface area contributed by atoms with E-state index in [1.54, 1.807) is 0 Å². The summed E-state index contributed by atoms with van der Waals surface area (Å²) in [6.07, 6.45) is 2.53. The molecule has 3 nitrogen and oxygen atoms in total. The van der Waals surface area contributed by atoms with E-state index in [4.69, 9.17) is 16.9 Å². The Kier molecular flexibility index (Phi) is 4.33. The Morgan fingerprint density at radius 3 is 2.88 bits per heavy atom. The van der Waals surface area contributed by atoms with E-state index in [2.05, 4.69) is 10.3 Å². The number of halogens is 1. The second-order valence-electron chi connectivity index (χ2n) is 3.69. The second kappa shape index (κ2) is 5.76. The molecule has 6 heteroatoms. The number of rotatable bonds is 3. The number of nitriles is 1. The summed E-state index contributed by atoms with van der Waals surface area (Å²) in [5, 5.41) is 13.1. The molecule has 0 atom stereocenters. The molecule has 0 saturated carbocycles. The quantitative estimate of drug-likeness (QED) is 0.919. The summed E-state index contributed by atoms with van der Waals surface area (Å²) >= 11 is 9.15. The van der Waals surface area contributed by atoms with Crippen molar-refractivity contribution in [1.82, 2.24) is 4.98 Å². The van der Waals surface area contributed by atoms with E-state index in [-0.39, 0.29) is 0 Å². The fourth-order valence-electron chi connectivity index (χ4n) is 1.63. The highest BCUT2D eigenvalue weighted by atomic mass is 35.5. The molecule has 0 radical (unpaired) electrons. The van der Waals surface area contributed by atoms with Gasteiger partial charge in [-0.15, -0.1) is 0 Å². The van der Waals surface area contributed by atoms with Crippen molar-refractivity contribution in [1.29, 1.82) is 5.26 Å². The molecule has 0 bridgehead atoms. The summed E-state index contributed by atoms with van der Waals surface area (Å²) in [6, 6.07) is 2.03. The van der Waals surface area contributed by atoms with Crippen molar-refractivity contribution in [3.63, 3.8) is 0 Å². The molecule has 86 valence electrons. The molecule has 1 aliphatic rings. The van der Waals surface area contributed by atoms with Gasteiger partial charge in [-0.2, -0.15) is 17.0 Å². The van der Waals surface area contributed by atoms with E-state index in [0.29, 0.717) is 10.0 Å². The van der Waals surface area contributed by atoms with Gasteiger partial charge in [0.15, 0.2) is 10.3 Å². The van der Waals surface area contributed by atoms with Gasteiger partial charge >= 0.3 is 0 Å². The third-order valence-corrected chi connectivity index (χ3v) is 4.92. The van der Waals surface area contributed by atoms with Gasteiger partial charge in [-0.25, -0.2) is 4.98 Å². The maximum atomic E-state index is 8.75. The summed E-state index contributed by atoms with van der Waals surface area (Å²) in [4.78, 5) is 4.60.